The zero-order valence-electron chi connectivity index (χ0n) is 6.62. The first kappa shape index (κ1) is 6.22. The molecule has 3 aliphatic rings. The van der Waals surface area contributed by atoms with Crippen molar-refractivity contribution in [1.29, 1.82) is 0 Å². The quantitative estimate of drug-likeness (QED) is 0.571. The van der Waals surface area contributed by atoms with Crippen LogP contribution in [0.25, 0.3) is 0 Å². The molecule has 2 heterocycles. The maximum atomic E-state index is 4.44. The Morgan fingerprint density at radius 1 is 1.42 bits per heavy atom. The average molecular weight is 161 g/mol. The predicted molar refractivity (Wildman–Crippen MR) is 46.1 cm³/mol. The van der Waals surface area contributed by atoms with Gasteiger partial charge in [-0.25, -0.2) is 5.01 Å². The fourth-order valence-corrected chi connectivity index (χ4v) is 1.75. The first-order chi connectivity index (χ1) is 5.93. The summed E-state index contributed by atoms with van der Waals surface area (Å²) < 4.78 is 0. The highest BCUT2D eigenvalue weighted by molar-refractivity contribution is 6.11. The number of nitrogens with one attached hydrogen (secondary N) is 1. The topological polar surface area (TPSA) is 40.0 Å². The van der Waals surface area contributed by atoms with Crippen LogP contribution < -0.4 is 5.43 Å². The van der Waals surface area contributed by atoms with Gasteiger partial charge in [0.15, 0.2) is 12.5 Å². The third kappa shape index (κ3) is 0.719. The van der Waals surface area contributed by atoms with Crippen molar-refractivity contribution in [2.75, 3.05) is 0 Å². The zero-order chi connectivity index (χ0) is 7.97. The van der Waals surface area contributed by atoms with Crippen LogP contribution in [0.2, 0.25) is 0 Å². The Balaban J connectivity index is 2.05. The molecule has 3 rings (SSSR count). The summed E-state index contributed by atoms with van der Waals surface area (Å²) in [6.45, 7) is 1.77. The molecule has 4 heteroatoms. The molecular weight excluding hydrogens is 152 g/mol. The summed E-state index contributed by atoms with van der Waals surface area (Å²) in [6.07, 6.45) is 5.63. The van der Waals surface area contributed by atoms with E-state index in [1.807, 2.05) is 0 Å². The first-order valence-corrected chi connectivity index (χ1v) is 4.18. The molecule has 0 amide bonds. The van der Waals surface area contributed by atoms with Crippen molar-refractivity contribution in [1.82, 2.24) is 10.4 Å². The number of hydrazone groups is 2. The Morgan fingerprint density at radius 3 is 3.42 bits per heavy atom. The molecule has 1 fully saturated rings. The van der Waals surface area contributed by atoms with Gasteiger partial charge in [0, 0.05) is 0 Å². The summed E-state index contributed by atoms with van der Waals surface area (Å²) >= 11 is 0. The summed E-state index contributed by atoms with van der Waals surface area (Å²) in [4.78, 5) is 0. The summed E-state index contributed by atoms with van der Waals surface area (Å²) in [5, 5.41) is 10.3. The third-order valence-electron chi connectivity index (χ3n) is 2.36. The lowest BCUT2D eigenvalue weighted by Gasteiger charge is -2.16. The Bertz CT molecular complexity index is 313. The van der Waals surface area contributed by atoms with Gasteiger partial charge in [0.1, 0.15) is 0 Å². The second kappa shape index (κ2) is 2.09. The second-order valence-electron chi connectivity index (χ2n) is 3.14. The van der Waals surface area contributed by atoms with Crippen molar-refractivity contribution in [3.8, 4) is 0 Å². The van der Waals surface area contributed by atoms with Gasteiger partial charge in [-0.2, -0.15) is 10.2 Å². The lowest BCUT2D eigenvalue weighted by molar-refractivity contribution is 0.532. The van der Waals surface area contributed by atoms with E-state index < -0.39 is 0 Å². The van der Waals surface area contributed by atoms with Crippen LogP contribution in [0.3, 0.4) is 0 Å². The van der Waals surface area contributed by atoms with E-state index in [1.54, 1.807) is 11.7 Å². The van der Waals surface area contributed by atoms with Crippen LogP contribution in [0.4, 0.5) is 0 Å². The van der Waals surface area contributed by atoms with Crippen molar-refractivity contribution >= 4 is 11.5 Å². The van der Waals surface area contributed by atoms with Gasteiger partial charge in [0.2, 0.25) is 0 Å². The summed E-state index contributed by atoms with van der Waals surface area (Å²) in [6, 6.07) is 0. The number of hydrogen-bond acceptors (Lipinski definition) is 4. The number of rotatable bonds is 0. The van der Waals surface area contributed by atoms with E-state index in [0.29, 0.717) is 0 Å². The van der Waals surface area contributed by atoms with Gasteiger partial charge in [-0.15, -0.1) is 0 Å². The normalized spacial score (nSPS) is 25.3. The molecule has 0 saturated heterocycles. The molecule has 0 unspecified atom stereocenters. The Kier molecular flexibility index (Phi) is 1.08. The monoisotopic (exact) mass is 161 g/mol. The number of amidine groups is 1. The highest BCUT2D eigenvalue weighted by Crippen LogP contribution is 2.26. The molecule has 12 heavy (non-hydrogen) atoms. The predicted octanol–water partition coefficient (Wildman–Crippen LogP) is 0.804. The van der Waals surface area contributed by atoms with Gasteiger partial charge >= 0.3 is 0 Å². The van der Waals surface area contributed by atoms with Gasteiger partial charge in [-0.1, -0.05) is 0 Å². The standard InChI is InChI=1S/C8H9N4/c1-2-6-4-8-10-9-5-12(8)11-7(6)3-1/h4-5,9H,1-3H2. The minimum absolute atomic E-state index is 0.913. The van der Waals surface area contributed by atoms with E-state index in [9.17, 15) is 0 Å². The van der Waals surface area contributed by atoms with Gasteiger partial charge < -0.3 is 0 Å². The average Bonchev–Trinajstić information content (AvgIpc) is 2.64. The summed E-state index contributed by atoms with van der Waals surface area (Å²) in [7, 11) is 0. The van der Waals surface area contributed by atoms with Crippen molar-refractivity contribution < 1.29 is 0 Å². The summed E-state index contributed by atoms with van der Waals surface area (Å²) in [5.41, 5.74) is 5.38. The number of fused-ring (bicyclic) bond motifs is 2. The highest BCUT2D eigenvalue weighted by Gasteiger charge is 2.26. The summed E-state index contributed by atoms with van der Waals surface area (Å²) in [5.74, 6) is 0.913. The van der Waals surface area contributed by atoms with Crippen molar-refractivity contribution in [2.24, 2.45) is 10.2 Å². The van der Waals surface area contributed by atoms with Crippen LogP contribution in [0.5, 0.6) is 0 Å². The van der Waals surface area contributed by atoms with Gasteiger partial charge in [-0.3, -0.25) is 5.43 Å². The fourth-order valence-electron chi connectivity index (χ4n) is 1.75. The van der Waals surface area contributed by atoms with Crippen LogP contribution in [0.15, 0.2) is 21.9 Å². The number of nitrogens with zero attached hydrogens (tertiary/aromatic N) is 3. The molecule has 1 saturated carbocycles. The van der Waals surface area contributed by atoms with Crippen LogP contribution in [0.1, 0.15) is 19.3 Å². The van der Waals surface area contributed by atoms with Crippen molar-refractivity contribution in [3.05, 3.63) is 18.3 Å². The first-order valence-electron chi connectivity index (χ1n) is 4.18. The molecule has 1 aliphatic carbocycles. The maximum Gasteiger partial charge on any atom is 0.180 e. The minimum Gasteiger partial charge on any atom is -0.279 e. The molecule has 0 aromatic rings. The third-order valence-corrected chi connectivity index (χ3v) is 2.36. The SMILES string of the molecule is [CH]1NN=C2C=C3CCCC3=NN12. The van der Waals surface area contributed by atoms with Gasteiger partial charge in [0.05, 0.1) is 5.71 Å². The van der Waals surface area contributed by atoms with E-state index in [1.165, 1.54) is 17.7 Å². The Morgan fingerprint density at radius 2 is 2.42 bits per heavy atom. The van der Waals surface area contributed by atoms with E-state index in [4.69, 9.17) is 0 Å². The minimum atomic E-state index is 0.913. The number of allylic oxidation sites excluding steroid dienone is 1. The Hall–Kier alpha value is -1.32. The van der Waals surface area contributed by atoms with Gasteiger partial charge in [-0.05, 0) is 30.9 Å². The molecule has 1 N–H and O–H groups in total. The molecule has 0 atom stereocenters. The molecule has 0 aromatic heterocycles. The number of hydrogen-bond donors (Lipinski definition) is 1. The van der Waals surface area contributed by atoms with E-state index in [-0.39, 0.29) is 0 Å². The Labute approximate surface area is 70.6 Å². The molecule has 0 spiro atoms. The van der Waals surface area contributed by atoms with Crippen LogP contribution in [-0.2, 0) is 0 Å². The highest BCUT2D eigenvalue weighted by atomic mass is 15.6. The lowest BCUT2D eigenvalue weighted by atomic mass is 10.1. The molecule has 0 aromatic carbocycles. The molecule has 0 bridgehead atoms. The molecular formula is C8H9N4. The molecule has 1 radical (unpaired) electrons. The largest absolute Gasteiger partial charge is 0.279 e. The smallest absolute Gasteiger partial charge is 0.180 e. The van der Waals surface area contributed by atoms with Gasteiger partial charge in [0.25, 0.3) is 0 Å². The molecule has 4 nitrogen and oxygen atoms in total. The second-order valence-corrected chi connectivity index (χ2v) is 3.14. The van der Waals surface area contributed by atoms with Crippen molar-refractivity contribution in [2.45, 2.75) is 19.3 Å². The maximum absolute atomic E-state index is 4.44. The van der Waals surface area contributed by atoms with Crippen molar-refractivity contribution in [3.63, 3.8) is 0 Å². The lowest BCUT2D eigenvalue weighted by Crippen LogP contribution is -2.24. The molecule has 2 aliphatic heterocycles. The van der Waals surface area contributed by atoms with E-state index >= 15 is 0 Å². The zero-order valence-corrected chi connectivity index (χ0v) is 6.62. The van der Waals surface area contributed by atoms with Crippen LogP contribution in [-0.4, -0.2) is 16.6 Å². The van der Waals surface area contributed by atoms with Crippen LogP contribution >= 0.6 is 0 Å². The van der Waals surface area contributed by atoms with E-state index in [2.05, 4.69) is 21.7 Å². The fraction of sp³-hybridized carbons (Fsp3) is 0.375. The molecule has 61 valence electrons. The van der Waals surface area contributed by atoms with Crippen LogP contribution in [0, 0.1) is 6.67 Å². The van der Waals surface area contributed by atoms with E-state index in [0.717, 1.165) is 18.7 Å².